The lowest BCUT2D eigenvalue weighted by atomic mass is 10.1. The van der Waals surface area contributed by atoms with E-state index in [4.69, 9.17) is 16.3 Å². The Hall–Kier alpha value is -2.05. The minimum atomic E-state index is -0.404. The largest absolute Gasteiger partial charge is 0.493 e. The van der Waals surface area contributed by atoms with E-state index in [0.29, 0.717) is 38.6 Å². The first kappa shape index (κ1) is 14.9. The van der Waals surface area contributed by atoms with Gasteiger partial charge in [0.15, 0.2) is 6.29 Å². The van der Waals surface area contributed by atoms with Crippen LogP contribution in [0.25, 0.3) is 20.7 Å². The molecule has 112 valence electrons. The summed E-state index contributed by atoms with van der Waals surface area (Å²) in [6.45, 7) is 2.20. The third kappa shape index (κ3) is 2.44. The van der Waals surface area contributed by atoms with Crippen LogP contribution in [-0.2, 0) is 0 Å². The molecule has 0 aliphatic carbocycles. The summed E-state index contributed by atoms with van der Waals surface area (Å²) in [5, 5.41) is 0.282. The summed E-state index contributed by atoms with van der Waals surface area (Å²) in [5.41, 5.74) is 1.52. The summed E-state index contributed by atoms with van der Waals surface area (Å²) >= 11 is 7.35. The summed E-state index contributed by atoms with van der Waals surface area (Å²) in [4.78, 5) is 20.2. The number of nitrogens with zero attached hydrogens (tertiary/aromatic N) is 2. The molecule has 1 aromatic carbocycles. The molecule has 4 nitrogen and oxygen atoms in total. The Morgan fingerprint density at radius 3 is 2.95 bits per heavy atom. The number of fused-ring (bicyclic) bond motifs is 1. The van der Waals surface area contributed by atoms with Crippen molar-refractivity contribution in [3.05, 3.63) is 41.1 Å². The lowest BCUT2D eigenvalue weighted by molar-refractivity contribution is 0.112. The van der Waals surface area contributed by atoms with Crippen molar-refractivity contribution in [2.45, 2.75) is 6.92 Å². The van der Waals surface area contributed by atoms with E-state index >= 15 is 0 Å². The number of carbonyl (C=O) groups is 1. The maximum Gasteiger partial charge on any atom is 0.153 e. The molecule has 0 atom stereocenters. The Bertz CT molecular complexity index is 866. The Labute approximate surface area is 134 Å². The van der Waals surface area contributed by atoms with Crippen molar-refractivity contribution >= 4 is 39.4 Å². The molecule has 0 fully saturated rings. The first-order chi connectivity index (χ1) is 10.7. The Kier molecular flexibility index (Phi) is 4.04. The molecule has 22 heavy (non-hydrogen) atoms. The van der Waals surface area contributed by atoms with Crippen molar-refractivity contribution < 1.29 is 13.9 Å². The molecular formula is C15H10ClFN2O2S. The van der Waals surface area contributed by atoms with Gasteiger partial charge in [0.1, 0.15) is 23.0 Å². The minimum Gasteiger partial charge on any atom is -0.493 e. The minimum absolute atomic E-state index is 0.282. The molecule has 0 unspecified atom stereocenters. The van der Waals surface area contributed by atoms with Crippen LogP contribution in [0.3, 0.4) is 0 Å². The number of rotatable bonds is 4. The van der Waals surface area contributed by atoms with Crippen LogP contribution in [0, 0.1) is 5.82 Å². The fourth-order valence-corrected chi connectivity index (χ4v) is 3.55. The van der Waals surface area contributed by atoms with Crippen LogP contribution < -0.4 is 4.74 Å². The number of aldehydes is 1. The fraction of sp³-hybridized carbons (Fsp3) is 0.133. The van der Waals surface area contributed by atoms with Gasteiger partial charge in [-0.15, -0.1) is 11.3 Å². The van der Waals surface area contributed by atoms with E-state index < -0.39 is 5.82 Å². The summed E-state index contributed by atoms with van der Waals surface area (Å²) in [6.07, 6.45) is 2.03. The van der Waals surface area contributed by atoms with Gasteiger partial charge in [0.25, 0.3) is 0 Å². The van der Waals surface area contributed by atoms with Crippen molar-refractivity contribution in [3.8, 4) is 16.2 Å². The van der Waals surface area contributed by atoms with Crippen LogP contribution in [0.5, 0.6) is 5.75 Å². The molecule has 0 bridgehead atoms. The lowest BCUT2D eigenvalue weighted by Gasteiger charge is -2.09. The zero-order valence-corrected chi connectivity index (χ0v) is 13.0. The monoisotopic (exact) mass is 336 g/mol. The van der Waals surface area contributed by atoms with Crippen molar-refractivity contribution in [2.24, 2.45) is 0 Å². The van der Waals surface area contributed by atoms with Crippen molar-refractivity contribution in [1.82, 2.24) is 9.97 Å². The molecule has 0 aliphatic heterocycles. The van der Waals surface area contributed by atoms with Gasteiger partial charge in [0.05, 0.1) is 27.3 Å². The molecule has 0 N–H and O–H groups in total. The van der Waals surface area contributed by atoms with Gasteiger partial charge in [-0.25, -0.2) is 14.4 Å². The molecule has 2 aromatic heterocycles. The van der Waals surface area contributed by atoms with Crippen molar-refractivity contribution in [1.29, 1.82) is 0 Å². The van der Waals surface area contributed by atoms with Crippen molar-refractivity contribution in [2.75, 3.05) is 6.61 Å². The van der Waals surface area contributed by atoms with E-state index in [2.05, 4.69) is 9.97 Å². The van der Waals surface area contributed by atoms with E-state index in [0.717, 1.165) is 6.29 Å². The predicted octanol–water partition coefficient (Wildman–Crippen LogP) is 4.36. The van der Waals surface area contributed by atoms with E-state index in [1.165, 1.54) is 29.8 Å². The highest BCUT2D eigenvalue weighted by Gasteiger charge is 2.20. The number of carbonyl (C=O) groups excluding carboxylic acids is 1. The summed E-state index contributed by atoms with van der Waals surface area (Å²) in [7, 11) is 0. The zero-order valence-electron chi connectivity index (χ0n) is 11.5. The van der Waals surface area contributed by atoms with Crippen LogP contribution in [0.2, 0.25) is 5.15 Å². The first-order valence-corrected chi connectivity index (χ1v) is 7.66. The van der Waals surface area contributed by atoms with E-state index in [9.17, 15) is 9.18 Å². The number of ether oxygens (including phenoxy) is 1. The summed E-state index contributed by atoms with van der Waals surface area (Å²) in [6, 6.07) is 4.20. The highest BCUT2D eigenvalue weighted by Crippen LogP contribution is 2.42. The number of benzene rings is 1. The smallest absolute Gasteiger partial charge is 0.153 e. The van der Waals surface area contributed by atoms with Gasteiger partial charge in [-0.05, 0) is 19.1 Å². The standard InChI is InChI=1S/C15H10ClFN2O2S/c1-2-21-11-5-8(17)3-4-9(11)13-10(6-20)12-14(22-13)15(16)19-7-18-12/h3-7H,2H2,1H3. The molecule has 0 aliphatic rings. The number of thiophene rings is 1. The maximum atomic E-state index is 13.4. The van der Waals surface area contributed by atoms with E-state index in [1.54, 1.807) is 6.07 Å². The Balaban J connectivity index is 2.31. The SMILES string of the molecule is CCOc1cc(F)ccc1-c1sc2c(Cl)ncnc2c1C=O. The molecule has 3 rings (SSSR count). The van der Waals surface area contributed by atoms with Gasteiger partial charge >= 0.3 is 0 Å². The lowest BCUT2D eigenvalue weighted by Crippen LogP contribution is -1.95. The zero-order chi connectivity index (χ0) is 15.7. The van der Waals surface area contributed by atoms with Crippen LogP contribution in [0.4, 0.5) is 4.39 Å². The number of aromatic nitrogens is 2. The molecule has 0 spiro atoms. The van der Waals surface area contributed by atoms with Crippen molar-refractivity contribution in [3.63, 3.8) is 0 Å². The van der Waals surface area contributed by atoms with Crippen LogP contribution in [-0.4, -0.2) is 22.9 Å². The molecular weight excluding hydrogens is 327 g/mol. The van der Waals surface area contributed by atoms with Gasteiger partial charge in [0, 0.05) is 11.6 Å². The highest BCUT2D eigenvalue weighted by atomic mass is 35.5. The van der Waals surface area contributed by atoms with Gasteiger partial charge < -0.3 is 4.74 Å². The number of halogens is 2. The van der Waals surface area contributed by atoms with E-state index in [1.807, 2.05) is 6.92 Å². The topological polar surface area (TPSA) is 52.1 Å². The third-order valence-electron chi connectivity index (χ3n) is 3.07. The van der Waals surface area contributed by atoms with Gasteiger partial charge in [-0.1, -0.05) is 11.6 Å². The third-order valence-corrected chi connectivity index (χ3v) is 4.70. The average Bonchev–Trinajstić information content (AvgIpc) is 2.87. The van der Waals surface area contributed by atoms with Gasteiger partial charge in [-0.2, -0.15) is 0 Å². The average molecular weight is 337 g/mol. The Morgan fingerprint density at radius 2 is 2.23 bits per heavy atom. The molecule has 0 saturated heterocycles. The molecule has 2 heterocycles. The summed E-state index contributed by atoms with van der Waals surface area (Å²) in [5.74, 6) is -0.0278. The van der Waals surface area contributed by atoms with Crippen LogP contribution in [0.15, 0.2) is 24.5 Å². The summed E-state index contributed by atoms with van der Waals surface area (Å²) < 4.78 is 19.5. The second kappa shape index (κ2) is 5.98. The van der Waals surface area contributed by atoms with Gasteiger partial charge in [0.2, 0.25) is 0 Å². The fourth-order valence-electron chi connectivity index (χ4n) is 2.17. The maximum absolute atomic E-state index is 13.4. The normalized spacial score (nSPS) is 10.9. The second-order valence-corrected chi connectivity index (χ2v) is 5.76. The highest BCUT2D eigenvalue weighted by molar-refractivity contribution is 7.23. The second-order valence-electron chi connectivity index (χ2n) is 4.38. The van der Waals surface area contributed by atoms with E-state index in [-0.39, 0.29) is 5.15 Å². The Morgan fingerprint density at radius 1 is 1.41 bits per heavy atom. The number of hydrogen-bond donors (Lipinski definition) is 0. The molecule has 3 aromatic rings. The quantitative estimate of drug-likeness (QED) is 0.524. The molecule has 0 radical (unpaired) electrons. The van der Waals surface area contributed by atoms with Gasteiger partial charge in [-0.3, -0.25) is 4.79 Å². The predicted molar refractivity (Wildman–Crippen MR) is 84.4 cm³/mol. The van der Waals surface area contributed by atoms with Crippen LogP contribution >= 0.6 is 22.9 Å². The first-order valence-electron chi connectivity index (χ1n) is 6.46. The molecule has 0 amide bonds. The molecule has 7 heteroatoms. The van der Waals surface area contributed by atoms with Crippen LogP contribution in [0.1, 0.15) is 17.3 Å². The molecule has 0 saturated carbocycles. The number of hydrogen-bond acceptors (Lipinski definition) is 5.